The van der Waals surface area contributed by atoms with E-state index in [2.05, 4.69) is 17.6 Å². The molecule has 5 nitrogen and oxygen atoms in total. The molecule has 0 spiro atoms. The Morgan fingerprint density at radius 1 is 1.39 bits per heavy atom. The summed E-state index contributed by atoms with van der Waals surface area (Å²) < 4.78 is 0. The van der Waals surface area contributed by atoms with E-state index in [1.165, 1.54) is 0 Å². The number of benzene rings is 1. The zero-order valence-corrected chi connectivity index (χ0v) is 10.8. The molecule has 5 heteroatoms. The minimum atomic E-state index is -0.317. The largest absolute Gasteiger partial charge is 0.380 e. The summed E-state index contributed by atoms with van der Waals surface area (Å²) in [5.41, 5.74) is 1.36. The molecule has 0 bridgehead atoms. The molecule has 0 saturated heterocycles. The molecule has 1 aliphatic carbocycles. The zero-order chi connectivity index (χ0) is 13.1. The quantitative estimate of drug-likeness (QED) is 0.621. The number of rotatable bonds is 5. The van der Waals surface area contributed by atoms with Gasteiger partial charge in [0.1, 0.15) is 11.4 Å². The van der Waals surface area contributed by atoms with Gasteiger partial charge in [-0.15, -0.1) is 0 Å². The molecular formula is C13H19N3O2. The van der Waals surface area contributed by atoms with Crippen molar-refractivity contribution in [1.29, 1.82) is 0 Å². The van der Waals surface area contributed by atoms with E-state index in [1.54, 1.807) is 12.1 Å². The van der Waals surface area contributed by atoms with Gasteiger partial charge in [0.15, 0.2) is 0 Å². The van der Waals surface area contributed by atoms with Gasteiger partial charge in [0.25, 0.3) is 0 Å². The van der Waals surface area contributed by atoms with E-state index in [0.717, 1.165) is 18.8 Å². The van der Waals surface area contributed by atoms with Gasteiger partial charge in [-0.05, 0) is 37.8 Å². The zero-order valence-electron chi connectivity index (χ0n) is 10.8. The lowest BCUT2D eigenvalue weighted by Gasteiger charge is -2.34. The van der Waals surface area contributed by atoms with E-state index in [-0.39, 0.29) is 10.6 Å². The lowest BCUT2D eigenvalue weighted by atomic mass is 9.82. The van der Waals surface area contributed by atoms with Crippen LogP contribution in [0.25, 0.3) is 0 Å². The molecule has 2 N–H and O–H groups in total. The minimum Gasteiger partial charge on any atom is -0.380 e. The number of hydrogen-bond donors (Lipinski definition) is 2. The highest BCUT2D eigenvalue weighted by atomic mass is 16.6. The molecule has 1 aromatic carbocycles. The molecule has 18 heavy (non-hydrogen) atoms. The monoisotopic (exact) mass is 249 g/mol. The smallest absolute Gasteiger partial charge is 0.315 e. The Bertz CT molecular complexity index is 442. The normalized spacial score (nSPS) is 22.1. The van der Waals surface area contributed by atoms with Crippen LogP contribution in [0.15, 0.2) is 18.2 Å². The van der Waals surface area contributed by atoms with Gasteiger partial charge in [-0.2, -0.15) is 0 Å². The first-order valence-corrected chi connectivity index (χ1v) is 6.39. The maximum absolute atomic E-state index is 11.2. The van der Waals surface area contributed by atoms with E-state index in [9.17, 15) is 10.1 Å². The first kappa shape index (κ1) is 12.7. The van der Waals surface area contributed by atoms with Crippen molar-refractivity contribution in [2.24, 2.45) is 5.92 Å². The van der Waals surface area contributed by atoms with Gasteiger partial charge >= 0.3 is 5.69 Å². The van der Waals surface area contributed by atoms with E-state index in [1.807, 2.05) is 13.0 Å². The number of nitrogens with zero attached hydrogens (tertiary/aromatic N) is 1. The Balaban J connectivity index is 2.22. The molecule has 1 saturated carbocycles. The highest BCUT2D eigenvalue weighted by Crippen LogP contribution is 2.36. The van der Waals surface area contributed by atoms with Crippen molar-refractivity contribution in [2.45, 2.75) is 32.7 Å². The lowest BCUT2D eigenvalue weighted by molar-refractivity contribution is -0.383. The molecule has 0 heterocycles. The fourth-order valence-electron chi connectivity index (χ4n) is 2.43. The highest BCUT2D eigenvalue weighted by molar-refractivity contribution is 5.76. The van der Waals surface area contributed by atoms with Gasteiger partial charge < -0.3 is 10.6 Å². The molecule has 0 aliphatic heterocycles. The van der Waals surface area contributed by atoms with Crippen molar-refractivity contribution in [3.8, 4) is 0 Å². The lowest BCUT2D eigenvalue weighted by Crippen LogP contribution is -2.34. The topological polar surface area (TPSA) is 67.2 Å². The number of anilines is 2. The van der Waals surface area contributed by atoms with Crippen LogP contribution in [0.1, 0.15) is 26.7 Å². The fourth-order valence-corrected chi connectivity index (χ4v) is 2.43. The number of nitro benzene ring substituents is 1. The standard InChI is InChI=1S/C13H19N3O2/c1-3-14-11-5-4-6-12(13(11)16(17)18)15-10-7-9(2)8-10/h4-6,9-10,14-15H,3,7-8H2,1-2H3. The summed E-state index contributed by atoms with van der Waals surface area (Å²) in [5.74, 6) is 0.721. The second-order valence-corrected chi connectivity index (χ2v) is 4.91. The Morgan fingerprint density at radius 3 is 2.61 bits per heavy atom. The molecule has 0 aromatic heterocycles. The molecule has 1 aliphatic rings. The van der Waals surface area contributed by atoms with Gasteiger partial charge in [-0.3, -0.25) is 10.1 Å². The Labute approximate surface area is 107 Å². The summed E-state index contributed by atoms with van der Waals surface area (Å²) in [7, 11) is 0. The fraction of sp³-hybridized carbons (Fsp3) is 0.538. The molecular weight excluding hydrogens is 230 g/mol. The van der Waals surface area contributed by atoms with Crippen molar-refractivity contribution in [2.75, 3.05) is 17.2 Å². The third-order valence-corrected chi connectivity index (χ3v) is 3.32. The Morgan fingerprint density at radius 2 is 2.06 bits per heavy atom. The van der Waals surface area contributed by atoms with Crippen LogP contribution in [0.4, 0.5) is 17.1 Å². The molecule has 0 unspecified atom stereocenters. The van der Waals surface area contributed by atoms with Crippen LogP contribution < -0.4 is 10.6 Å². The van der Waals surface area contributed by atoms with Crippen molar-refractivity contribution in [1.82, 2.24) is 0 Å². The minimum absolute atomic E-state index is 0.152. The van der Waals surface area contributed by atoms with Crippen LogP contribution in [0, 0.1) is 16.0 Å². The molecule has 1 aromatic rings. The average molecular weight is 249 g/mol. The van der Waals surface area contributed by atoms with E-state index < -0.39 is 0 Å². The summed E-state index contributed by atoms with van der Waals surface area (Å²) in [5, 5.41) is 17.5. The van der Waals surface area contributed by atoms with Crippen molar-refractivity contribution in [3.05, 3.63) is 28.3 Å². The number of hydrogen-bond acceptors (Lipinski definition) is 4. The third-order valence-electron chi connectivity index (χ3n) is 3.32. The molecule has 0 amide bonds. The maximum Gasteiger partial charge on any atom is 0.315 e. The predicted octanol–water partition coefficient (Wildman–Crippen LogP) is 3.24. The maximum atomic E-state index is 11.2. The average Bonchev–Trinajstić information content (AvgIpc) is 2.27. The number of para-hydroxylation sites is 1. The van der Waals surface area contributed by atoms with Crippen molar-refractivity contribution in [3.63, 3.8) is 0 Å². The van der Waals surface area contributed by atoms with Crippen molar-refractivity contribution < 1.29 is 4.92 Å². The van der Waals surface area contributed by atoms with Crippen LogP contribution in [0.3, 0.4) is 0 Å². The summed E-state index contributed by atoms with van der Waals surface area (Å²) in [4.78, 5) is 10.9. The summed E-state index contributed by atoms with van der Waals surface area (Å²) in [6.45, 7) is 4.80. The van der Waals surface area contributed by atoms with Crippen LogP contribution >= 0.6 is 0 Å². The Hall–Kier alpha value is -1.78. The summed E-state index contributed by atoms with van der Waals surface area (Å²) in [6, 6.07) is 5.74. The summed E-state index contributed by atoms with van der Waals surface area (Å²) >= 11 is 0. The van der Waals surface area contributed by atoms with Gasteiger partial charge in [0.2, 0.25) is 0 Å². The second kappa shape index (κ2) is 5.25. The SMILES string of the molecule is CCNc1cccc(NC2CC(C)C2)c1[N+](=O)[O-]. The van der Waals surface area contributed by atoms with Gasteiger partial charge in [0, 0.05) is 12.6 Å². The number of nitro groups is 1. The molecule has 2 rings (SSSR count). The van der Waals surface area contributed by atoms with Crippen LogP contribution in [-0.4, -0.2) is 17.5 Å². The van der Waals surface area contributed by atoms with Crippen molar-refractivity contribution >= 4 is 17.1 Å². The molecule has 0 radical (unpaired) electrons. The second-order valence-electron chi connectivity index (χ2n) is 4.91. The Kier molecular flexibility index (Phi) is 3.69. The predicted molar refractivity (Wildman–Crippen MR) is 73.1 cm³/mol. The molecule has 1 fully saturated rings. The summed E-state index contributed by atoms with van der Waals surface area (Å²) in [6.07, 6.45) is 2.17. The molecule has 0 atom stereocenters. The van der Waals surface area contributed by atoms with E-state index in [0.29, 0.717) is 24.0 Å². The highest BCUT2D eigenvalue weighted by Gasteiger charge is 2.28. The van der Waals surface area contributed by atoms with Crippen LogP contribution in [0.2, 0.25) is 0 Å². The first-order valence-electron chi connectivity index (χ1n) is 6.39. The van der Waals surface area contributed by atoms with E-state index in [4.69, 9.17) is 0 Å². The van der Waals surface area contributed by atoms with Gasteiger partial charge in [-0.1, -0.05) is 13.0 Å². The molecule has 98 valence electrons. The van der Waals surface area contributed by atoms with Gasteiger partial charge in [-0.25, -0.2) is 0 Å². The van der Waals surface area contributed by atoms with Gasteiger partial charge in [0.05, 0.1) is 4.92 Å². The first-order chi connectivity index (χ1) is 8.61. The number of nitrogens with one attached hydrogen (secondary N) is 2. The van der Waals surface area contributed by atoms with Crippen LogP contribution in [-0.2, 0) is 0 Å². The third kappa shape index (κ3) is 2.55. The van der Waals surface area contributed by atoms with Crippen LogP contribution in [0.5, 0.6) is 0 Å². The van der Waals surface area contributed by atoms with E-state index >= 15 is 0 Å².